The number of β-amino-alcohol motifs (C(OH)–C–C–N with tert-alkyl or cyclic N) is 1. The van der Waals surface area contributed by atoms with Gasteiger partial charge in [0.2, 0.25) is 0 Å². The Morgan fingerprint density at radius 2 is 2.00 bits per heavy atom. The molecule has 0 spiro atoms. The van der Waals surface area contributed by atoms with E-state index in [1.54, 1.807) is 4.90 Å². The van der Waals surface area contributed by atoms with E-state index in [0.29, 0.717) is 31.0 Å². The van der Waals surface area contributed by atoms with Crippen LogP contribution in [0.1, 0.15) is 67.7 Å². The molecule has 2 aromatic heterocycles. The third-order valence-corrected chi connectivity index (χ3v) is 5.14. The number of carbonyl (C=O) groups is 1. The fourth-order valence-corrected chi connectivity index (χ4v) is 3.63. The van der Waals surface area contributed by atoms with E-state index in [4.69, 9.17) is 10.1 Å². The van der Waals surface area contributed by atoms with Crippen LogP contribution in [0.15, 0.2) is 6.07 Å². The molecule has 3 heterocycles. The van der Waals surface area contributed by atoms with Crippen LogP contribution in [0, 0.1) is 6.92 Å². The molecule has 2 aromatic rings. The number of aromatic nitrogens is 3. The zero-order chi connectivity index (χ0) is 17.9. The second-order valence-corrected chi connectivity index (χ2v) is 8.43. The number of aryl methyl sites for hydroxylation is 1. The van der Waals surface area contributed by atoms with Crippen molar-refractivity contribution in [2.75, 3.05) is 13.1 Å². The van der Waals surface area contributed by atoms with Crippen LogP contribution in [0.25, 0.3) is 11.0 Å². The monoisotopic (exact) mass is 342 g/mol. The normalized spacial score (nSPS) is 21.3. The predicted octanol–water partition coefficient (Wildman–Crippen LogP) is 2.58. The molecular formula is C19H26N4O2. The minimum Gasteiger partial charge on any atom is -0.391 e. The molecule has 6 heteroatoms. The van der Waals surface area contributed by atoms with Crippen LogP contribution in [-0.4, -0.2) is 49.9 Å². The van der Waals surface area contributed by atoms with Crippen molar-refractivity contribution >= 4 is 16.9 Å². The maximum absolute atomic E-state index is 13.2. The number of nitrogens with zero attached hydrogens (tertiary/aromatic N) is 4. The highest BCUT2D eigenvalue weighted by Gasteiger charge is 2.33. The molecule has 1 saturated heterocycles. The van der Waals surface area contributed by atoms with Crippen molar-refractivity contribution in [3.8, 4) is 0 Å². The van der Waals surface area contributed by atoms with E-state index in [1.807, 2.05) is 17.7 Å². The summed E-state index contributed by atoms with van der Waals surface area (Å²) in [5, 5.41) is 15.4. The van der Waals surface area contributed by atoms with E-state index < -0.39 is 6.10 Å². The lowest BCUT2D eigenvalue weighted by Gasteiger charge is -2.21. The van der Waals surface area contributed by atoms with Gasteiger partial charge in [0, 0.05) is 24.7 Å². The number of hydrogen-bond donors (Lipinski definition) is 1. The zero-order valence-electron chi connectivity index (χ0n) is 15.4. The van der Waals surface area contributed by atoms with E-state index in [0.717, 1.165) is 35.3 Å². The van der Waals surface area contributed by atoms with E-state index in [1.165, 1.54) is 0 Å². The van der Waals surface area contributed by atoms with Crippen LogP contribution in [0.5, 0.6) is 0 Å². The van der Waals surface area contributed by atoms with Gasteiger partial charge in [-0.15, -0.1) is 0 Å². The number of pyridine rings is 1. The van der Waals surface area contributed by atoms with Gasteiger partial charge >= 0.3 is 0 Å². The highest BCUT2D eigenvalue weighted by atomic mass is 16.3. The third-order valence-electron chi connectivity index (χ3n) is 5.14. The molecule has 0 unspecified atom stereocenters. The quantitative estimate of drug-likeness (QED) is 0.910. The van der Waals surface area contributed by atoms with E-state index in [2.05, 4.69) is 20.8 Å². The Morgan fingerprint density at radius 3 is 2.56 bits per heavy atom. The molecule has 2 fully saturated rings. The molecule has 25 heavy (non-hydrogen) atoms. The maximum atomic E-state index is 13.2. The number of carbonyl (C=O) groups excluding carboxylic acids is 1. The van der Waals surface area contributed by atoms with Gasteiger partial charge in [0.15, 0.2) is 5.65 Å². The molecule has 1 amide bonds. The number of fused-ring (bicyclic) bond motifs is 1. The largest absolute Gasteiger partial charge is 0.391 e. The summed E-state index contributed by atoms with van der Waals surface area (Å²) >= 11 is 0. The van der Waals surface area contributed by atoms with Gasteiger partial charge in [-0.3, -0.25) is 4.79 Å². The summed E-state index contributed by atoms with van der Waals surface area (Å²) in [5.41, 5.74) is 3.13. The molecule has 6 nitrogen and oxygen atoms in total. The molecule has 2 aliphatic rings. The van der Waals surface area contributed by atoms with E-state index in [-0.39, 0.29) is 11.4 Å². The van der Waals surface area contributed by atoms with Crippen LogP contribution in [0.2, 0.25) is 0 Å². The van der Waals surface area contributed by atoms with Crippen molar-refractivity contribution in [1.29, 1.82) is 0 Å². The Labute approximate surface area is 147 Å². The van der Waals surface area contributed by atoms with Crippen molar-refractivity contribution in [3.63, 3.8) is 0 Å². The average Bonchev–Trinajstić information content (AvgIpc) is 3.22. The fraction of sp³-hybridized carbons (Fsp3) is 0.632. The van der Waals surface area contributed by atoms with Crippen LogP contribution in [0.3, 0.4) is 0 Å². The summed E-state index contributed by atoms with van der Waals surface area (Å²) in [7, 11) is 0. The SMILES string of the molecule is Cc1nn(C(C)(C)C)c2nc(C3CC3)cc(C(=O)N3CC[C@@H](O)C3)c12. The first-order chi connectivity index (χ1) is 11.8. The van der Waals surface area contributed by atoms with Gasteiger partial charge in [-0.25, -0.2) is 9.67 Å². The number of amides is 1. The van der Waals surface area contributed by atoms with Gasteiger partial charge in [-0.2, -0.15) is 5.10 Å². The first-order valence-corrected chi connectivity index (χ1v) is 9.14. The van der Waals surface area contributed by atoms with Crippen molar-refractivity contribution in [2.24, 2.45) is 0 Å². The van der Waals surface area contributed by atoms with Crippen LogP contribution < -0.4 is 0 Å². The summed E-state index contributed by atoms with van der Waals surface area (Å²) < 4.78 is 1.94. The van der Waals surface area contributed by atoms with E-state index >= 15 is 0 Å². The lowest BCUT2D eigenvalue weighted by atomic mass is 10.1. The number of rotatable bonds is 2. The van der Waals surface area contributed by atoms with Gasteiger partial charge in [0.25, 0.3) is 5.91 Å². The summed E-state index contributed by atoms with van der Waals surface area (Å²) in [5.74, 6) is 0.450. The highest BCUT2D eigenvalue weighted by Crippen LogP contribution is 2.41. The Kier molecular flexibility index (Phi) is 3.65. The lowest BCUT2D eigenvalue weighted by Crippen LogP contribution is -2.30. The van der Waals surface area contributed by atoms with E-state index in [9.17, 15) is 9.90 Å². The topological polar surface area (TPSA) is 71.2 Å². The van der Waals surface area contributed by atoms with Gasteiger partial charge in [-0.05, 0) is 53.0 Å². The second kappa shape index (κ2) is 5.53. The Balaban J connectivity index is 1.90. The molecule has 1 N–H and O–H groups in total. The molecule has 4 rings (SSSR count). The smallest absolute Gasteiger partial charge is 0.254 e. The second-order valence-electron chi connectivity index (χ2n) is 8.43. The van der Waals surface area contributed by atoms with Gasteiger partial charge < -0.3 is 10.0 Å². The molecule has 1 aliphatic carbocycles. The summed E-state index contributed by atoms with van der Waals surface area (Å²) in [6, 6.07) is 1.97. The Hall–Kier alpha value is -1.95. The minimum absolute atomic E-state index is 0.0117. The summed E-state index contributed by atoms with van der Waals surface area (Å²) in [6.45, 7) is 9.26. The predicted molar refractivity (Wildman–Crippen MR) is 95.8 cm³/mol. The minimum atomic E-state index is -0.414. The van der Waals surface area contributed by atoms with Gasteiger partial charge in [-0.1, -0.05) is 0 Å². The fourth-order valence-electron chi connectivity index (χ4n) is 3.63. The summed E-state index contributed by atoms with van der Waals surface area (Å²) in [6.07, 6.45) is 2.51. The van der Waals surface area contributed by atoms with Crippen molar-refractivity contribution < 1.29 is 9.90 Å². The average molecular weight is 342 g/mol. The third kappa shape index (κ3) is 2.82. The molecule has 1 saturated carbocycles. The summed E-state index contributed by atoms with van der Waals surface area (Å²) in [4.78, 5) is 19.8. The molecule has 1 aliphatic heterocycles. The number of hydrogen-bond acceptors (Lipinski definition) is 4. The Morgan fingerprint density at radius 1 is 1.28 bits per heavy atom. The lowest BCUT2D eigenvalue weighted by molar-refractivity contribution is 0.0766. The van der Waals surface area contributed by atoms with Crippen LogP contribution in [0.4, 0.5) is 0 Å². The maximum Gasteiger partial charge on any atom is 0.254 e. The number of aliphatic hydroxyl groups is 1. The van der Waals surface area contributed by atoms with Gasteiger partial charge in [0.05, 0.1) is 28.3 Å². The molecule has 0 radical (unpaired) electrons. The molecule has 0 aromatic carbocycles. The number of aliphatic hydroxyl groups excluding tert-OH is 1. The van der Waals surface area contributed by atoms with Crippen LogP contribution >= 0.6 is 0 Å². The standard InChI is InChI=1S/C19H26N4O2/c1-11-16-14(18(25)22-8-7-13(24)10-22)9-15(12-5-6-12)20-17(16)23(21-11)19(2,3)4/h9,12-13,24H,5-8,10H2,1-4H3/t13-/m1/s1. The first-order valence-electron chi connectivity index (χ1n) is 9.14. The first kappa shape index (κ1) is 16.5. The molecular weight excluding hydrogens is 316 g/mol. The molecule has 134 valence electrons. The van der Waals surface area contributed by atoms with Crippen LogP contribution in [-0.2, 0) is 5.54 Å². The Bertz CT molecular complexity index is 845. The molecule has 0 bridgehead atoms. The molecule has 1 atom stereocenters. The van der Waals surface area contributed by atoms with Crippen molar-refractivity contribution in [2.45, 2.75) is 64.5 Å². The van der Waals surface area contributed by atoms with Crippen molar-refractivity contribution in [3.05, 3.63) is 23.0 Å². The van der Waals surface area contributed by atoms with Crippen molar-refractivity contribution in [1.82, 2.24) is 19.7 Å². The highest BCUT2D eigenvalue weighted by molar-refractivity contribution is 6.06. The number of likely N-dealkylation sites (tertiary alicyclic amines) is 1. The van der Waals surface area contributed by atoms with Gasteiger partial charge in [0.1, 0.15) is 0 Å². The zero-order valence-corrected chi connectivity index (χ0v) is 15.4.